The van der Waals surface area contributed by atoms with E-state index in [9.17, 15) is 4.39 Å². The number of hydrogen-bond donors (Lipinski definition) is 0. The Hall–Kier alpha value is -1.70. The first kappa shape index (κ1) is 19.6. The van der Waals surface area contributed by atoms with Crippen LogP contribution in [0.15, 0.2) is 36.9 Å². The zero-order chi connectivity index (χ0) is 19.7. The van der Waals surface area contributed by atoms with E-state index in [0.29, 0.717) is 17.4 Å². The van der Waals surface area contributed by atoms with E-state index in [2.05, 4.69) is 13.5 Å². The summed E-state index contributed by atoms with van der Waals surface area (Å²) < 4.78 is 29.9. The van der Waals surface area contributed by atoms with E-state index in [0.717, 1.165) is 48.0 Å². The summed E-state index contributed by atoms with van der Waals surface area (Å²) in [5, 5.41) is 1.24. The highest BCUT2D eigenvalue weighted by Crippen LogP contribution is 2.48. The third kappa shape index (κ3) is 3.75. The Labute approximate surface area is 168 Å². The monoisotopic (exact) mass is 382 g/mol. The minimum absolute atomic E-state index is 0.197. The van der Waals surface area contributed by atoms with E-state index in [-0.39, 0.29) is 17.6 Å². The number of rotatable bonds is 5. The van der Waals surface area contributed by atoms with Crippen molar-refractivity contribution in [1.29, 1.82) is 0 Å². The molecule has 0 bridgehead atoms. The average molecular weight is 383 g/mol. The van der Waals surface area contributed by atoms with Crippen LogP contribution in [0.3, 0.4) is 0 Å². The van der Waals surface area contributed by atoms with E-state index < -0.39 is 0 Å². The quantitative estimate of drug-likeness (QED) is 0.460. The van der Waals surface area contributed by atoms with E-state index in [4.69, 9.17) is 0 Å². The summed E-state index contributed by atoms with van der Waals surface area (Å²) in [5.41, 5.74) is 1.45. The molecule has 2 fully saturated rings. The second-order valence-corrected chi connectivity index (χ2v) is 9.08. The molecule has 2 saturated carbocycles. The lowest BCUT2D eigenvalue weighted by molar-refractivity contribution is 0.116. The van der Waals surface area contributed by atoms with Crippen LogP contribution in [0, 0.1) is 29.4 Å². The molecular formula is C26H32F2. The molecular weight excluding hydrogens is 350 g/mol. The minimum atomic E-state index is -0.299. The van der Waals surface area contributed by atoms with Crippen molar-refractivity contribution in [2.24, 2.45) is 17.8 Å². The van der Waals surface area contributed by atoms with Crippen LogP contribution in [0.2, 0.25) is 0 Å². The lowest BCUT2D eigenvalue weighted by Gasteiger charge is -2.42. The molecule has 2 aromatic rings. The SMILES string of the molecule is C=CCCc1cc2ccc(C3CCC4CC(CC)CCC4C3)c(F)c2cc1F. The van der Waals surface area contributed by atoms with Crippen molar-refractivity contribution in [2.75, 3.05) is 0 Å². The fourth-order valence-corrected chi connectivity index (χ4v) is 5.78. The van der Waals surface area contributed by atoms with E-state index in [1.54, 1.807) is 6.08 Å². The summed E-state index contributed by atoms with van der Waals surface area (Å²) in [5.74, 6) is 2.27. The van der Waals surface area contributed by atoms with Crippen LogP contribution in [0.4, 0.5) is 8.78 Å². The normalized spacial score (nSPS) is 27.5. The van der Waals surface area contributed by atoms with Gasteiger partial charge < -0.3 is 0 Å². The molecule has 2 aromatic carbocycles. The largest absolute Gasteiger partial charge is 0.207 e. The number of hydrogen-bond acceptors (Lipinski definition) is 0. The van der Waals surface area contributed by atoms with Crippen LogP contribution in [0.5, 0.6) is 0 Å². The molecule has 0 nitrogen and oxygen atoms in total. The Morgan fingerprint density at radius 1 is 1.04 bits per heavy atom. The third-order valence-electron chi connectivity index (χ3n) is 7.51. The first-order chi connectivity index (χ1) is 13.6. The molecule has 4 atom stereocenters. The van der Waals surface area contributed by atoms with E-state index >= 15 is 4.39 Å². The molecule has 4 unspecified atom stereocenters. The summed E-state index contributed by atoms with van der Waals surface area (Å²) in [6.07, 6.45) is 11.8. The van der Waals surface area contributed by atoms with Gasteiger partial charge in [-0.05, 0) is 97.3 Å². The Kier molecular flexibility index (Phi) is 5.85. The van der Waals surface area contributed by atoms with Gasteiger partial charge in [-0.25, -0.2) is 8.78 Å². The van der Waals surface area contributed by atoms with Gasteiger partial charge in [0, 0.05) is 5.39 Å². The van der Waals surface area contributed by atoms with Gasteiger partial charge in [-0.3, -0.25) is 0 Å². The first-order valence-electron chi connectivity index (χ1n) is 11.1. The van der Waals surface area contributed by atoms with E-state index in [1.807, 2.05) is 18.2 Å². The summed E-state index contributed by atoms with van der Waals surface area (Å²) in [7, 11) is 0. The maximum Gasteiger partial charge on any atom is 0.134 e. The summed E-state index contributed by atoms with van der Waals surface area (Å²) in [6.45, 7) is 6.01. The van der Waals surface area contributed by atoms with Gasteiger partial charge in [0.05, 0.1) is 0 Å². The molecule has 0 radical (unpaired) electrons. The Bertz CT molecular complexity index is 853. The van der Waals surface area contributed by atoms with Gasteiger partial charge in [0.25, 0.3) is 0 Å². The smallest absolute Gasteiger partial charge is 0.134 e. The molecule has 0 aliphatic heterocycles. The highest BCUT2D eigenvalue weighted by Gasteiger charge is 2.36. The molecule has 0 spiro atoms. The van der Waals surface area contributed by atoms with Gasteiger partial charge in [0.1, 0.15) is 11.6 Å². The second kappa shape index (κ2) is 8.35. The molecule has 2 aliphatic carbocycles. The van der Waals surface area contributed by atoms with Gasteiger partial charge in [-0.15, -0.1) is 6.58 Å². The molecule has 4 rings (SSSR count). The van der Waals surface area contributed by atoms with Crippen molar-refractivity contribution in [3.8, 4) is 0 Å². The zero-order valence-corrected chi connectivity index (χ0v) is 17.0. The maximum atomic E-state index is 15.4. The number of benzene rings is 2. The van der Waals surface area contributed by atoms with Crippen molar-refractivity contribution in [2.45, 2.75) is 70.6 Å². The lowest BCUT2D eigenvalue weighted by atomic mass is 9.63. The van der Waals surface area contributed by atoms with Crippen LogP contribution in [-0.2, 0) is 6.42 Å². The molecule has 28 heavy (non-hydrogen) atoms. The summed E-state index contributed by atoms with van der Waals surface area (Å²) in [6, 6.07) is 7.18. The van der Waals surface area contributed by atoms with Crippen molar-refractivity contribution in [3.05, 3.63) is 59.7 Å². The van der Waals surface area contributed by atoms with Gasteiger partial charge in [-0.1, -0.05) is 38.0 Å². The summed E-state index contributed by atoms with van der Waals surface area (Å²) in [4.78, 5) is 0. The Balaban J connectivity index is 1.58. The molecule has 0 N–H and O–H groups in total. The molecule has 0 saturated heterocycles. The molecule has 0 heterocycles. The zero-order valence-electron chi connectivity index (χ0n) is 17.0. The summed E-state index contributed by atoms with van der Waals surface area (Å²) >= 11 is 0. The molecule has 0 aromatic heterocycles. The van der Waals surface area contributed by atoms with Crippen molar-refractivity contribution in [1.82, 2.24) is 0 Å². The van der Waals surface area contributed by atoms with Gasteiger partial charge in [0.15, 0.2) is 0 Å². The average Bonchev–Trinajstić information content (AvgIpc) is 2.72. The van der Waals surface area contributed by atoms with Gasteiger partial charge in [-0.2, -0.15) is 0 Å². The molecule has 150 valence electrons. The fourth-order valence-electron chi connectivity index (χ4n) is 5.78. The second-order valence-electron chi connectivity index (χ2n) is 9.08. The molecule has 2 heteroatoms. The van der Waals surface area contributed by atoms with Crippen molar-refractivity contribution < 1.29 is 8.78 Å². The van der Waals surface area contributed by atoms with E-state index in [1.165, 1.54) is 38.2 Å². The number of halogens is 2. The minimum Gasteiger partial charge on any atom is -0.207 e. The van der Waals surface area contributed by atoms with Crippen molar-refractivity contribution in [3.63, 3.8) is 0 Å². The van der Waals surface area contributed by atoms with Gasteiger partial charge in [0.2, 0.25) is 0 Å². The van der Waals surface area contributed by atoms with Gasteiger partial charge >= 0.3 is 0 Å². The highest BCUT2D eigenvalue weighted by molar-refractivity contribution is 5.85. The number of aryl methyl sites for hydroxylation is 1. The third-order valence-corrected chi connectivity index (χ3v) is 7.51. The van der Waals surface area contributed by atoms with Crippen molar-refractivity contribution >= 4 is 10.8 Å². The number of fused-ring (bicyclic) bond motifs is 2. The first-order valence-corrected chi connectivity index (χ1v) is 11.1. The predicted molar refractivity (Wildman–Crippen MR) is 114 cm³/mol. The Morgan fingerprint density at radius 2 is 1.82 bits per heavy atom. The Morgan fingerprint density at radius 3 is 2.61 bits per heavy atom. The van der Waals surface area contributed by atoms with Crippen LogP contribution in [0.1, 0.15) is 75.3 Å². The molecule has 2 aliphatic rings. The lowest BCUT2D eigenvalue weighted by Crippen LogP contribution is -2.30. The van der Waals surface area contributed by atoms with Crippen LogP contribution < -0.4 is 0 Å². The van der Waals surface area contributed by atoms with Crippen LogP contribution in [0.25, 0.3) is 10.8 Å². The van der Waals surface area contributed by atoms with Crippen LogP contribution >= 0.6 is 0 Å². The topological polar surface area (TPSA) is 0 Å². The maximum absolute atomic E-state index is 15.4. The van der Waals surface area contributed by atoms with Crippen LogP contribution in [-0.4, -0.2) is 0 Å². The predicted octanol–water partition coefficient (Wildman–Crippen LogP) is 7.95. The molecule has 0 amide bonds. The highest BCUT2D eigenvalue weighted by atomic mass is 19.1. The number of allylic oxidation sites excluding steroid dienone is 1. The fraction of sp³-hybridized carbons (Fsp3) is 0.538. The standard InChI is InChI=1S/C26H32F2/c1-3-5-6-22-15-21-11-12-23(26(28)24(21)16-25(22)27)20-10-9-18-13-17(4-2)7-8-19(18)14-20/h3,11-12,15-20H,1,4-10,13-14H2,2H3.